The zero-order valence-electron chi connectivity index (χ0n) is 8.00. The number of hydrogen-bond donors (Lipinski definition) is 2. The lowest BCUT2D eigenvalue weighted by atomic mass is 9.77. The molecule has 1 aromatic rings. The second-order valence-corrected chi connectivity index (χ2v) is 4.11. The van der Waals surface area contributed by atoms with Gasteiger partial charge in [-0.25, -0.2) is 9.37 Å². The predicted octanol–water partition coefficient (Wildman–Crippen LogP) is 1.55. The number of pyridine rings is 1. The molecule has 0 amide bonds. The Bertz CT molecular complexity index is 315. The number of rotatable bonds is 2. The summed E-state index contributed by atoms with van der Waals surface area (Å²) in [6.45, 7) is 1.81. The van der Waals surface area contributed by atoms with Gasteiger partial charge in [0.2, 0.25) is 0 Å². The Hall–Kier alpha value is -1.16. The molecule has 76 valence electrons. The molecule has 1 aliphatic carbocycles. The van der Waals surface area contributed by atoms with Crippen molar-refractivity contribution in [1.29, 1.82) is 0 Å². The number of aromatic nitrogens is 1. The van der Waals surface area contributed by atoms with Gasteiger partial charge in [0.15, 0.2) is 0 Å². The van der Waals surface area contributed by atoms with Gasteiger partial charge in [-0.3, -0.25) is 0 Å². The zero-order valence-corrected chi connectivity index (χ0v) is 8.00. The molecular weight excluding hydrogens is 183 g/mol. The largest absolute Gasteiger partial charge is 0.390 e. The number of nitrogens with zero attached hydrogens (tertiary/aromatic N) is 1. The topological polar surface area (TPSA) is 45.1 Å². The zero-order chi connectivity index (χ0) is 10.2. The number of nitrogens with one attached hydrogen (secondary N) is 1. The van der Waals surface area contributed by atoms with Gasteiger partial charge in [-0.05, 0) is 31.9 Å². The van der Waals surface area contributed by atoms with E-state index in [9.17, 15) is 9.50 Å². The molecule has 4 heteroatoms. The van der Waals surface area contributed by atoms with Crippen molar-refractivity contribution in [1.82, 2.24) is 4.98 Å². The molecule has 1 heterocycles. The minimum Gasteiger partial charge on any atom is -0.390 e. The van der Waals surface area contributed by atoms with Crippen molar-refractivity contribution in [3.63, 3.8) is 0 Å². The van der Waals surface area contributed by atoms with Crippen LogP contribution in [0.3, 0.4) is 0 Å². The van der Waals surface area contributed by atoms with Gasteiger partial charge in [0.1, 0.15) is 11.6 Å². The molecule has 2 rings (SSSR count). The molecule has 1 saturated carbocycles. The minimum atomic E-state index is -0.544. The smallest absolute Gasteiger partial charge is 0.141 e. The van der Waals surface area contributed by atoms with E-state index in [0.717, 1.165) is 0 Å². The van der Waals surface area contributed by atoms with E-state index in [0.29, 0.717) is 18.7 Å². The third-order valence-corrected chi connectivity index (χ3v) is 2.45. The van der Waals surface area contributed by atoms with Crippen molar-refractivity contribution < 1.29 is 9.50 Å². The van der Waals surface area contributed by atoms with Crippen molar-refractivity contribution in [2.24, 2.45) is 0 Å². The van der Waals surface area contributed by atoms with Crippen LogP contribution in [0.1, 0.15) is 19.8 Å². The van der Waals surface area contributed by atoms with Crippen LogP contribution in [-0.4, -0.2) is 21.7 Å². The molecular formula is C10H13FN2O. The second-order valence-electron chi connectivity index (χ2n) is 4.11. The standard InChI is InChI=1S/C10H13FN2O/c1-10(14)4-8(5-10)13-9-3-2-7(11)6-12-9/h2-3,6,8,14H,4-5H2,1H3,(H,12,13). The molecule has 0 bridgehead atoms. The lowest BCUT2D eigenvalue weighted by Crippen LogP contribution is -2.48. The average molecular weight is 196 g/mol. The van der Waals surface area contributed by atoms with Gasteiger partial charge in [-0.1, -0.05) is 0 Å². The molecule has 14 heavy (non-hydrogen) atoms. The SMILES string of the molecule is CC1(O)CC(Nc2ccc(F)cn2)C1. The van der Waals surface area contributed by atoms with E-state index in [2.05, 4.69) is 10.3 Å². The monoisotopic (exact) mass is 196 g/mol. The van der Waals surface area contributed by atoms with E-state index in [4.69, 9.17) is 0 Å². The molecule has 0 atom stereocenters. The second kappa shape index (κ2) is 3.20. The Morgan fingerprint density at radius 2 is 2.29 bits per heavy atom. The number of halogens is 1. The summed E-state index contributed by atoms with van der Waals surface area (Å²) >= 11 is 0. The first-order valence-corrected chi connectivity index (χ1v) is 4.66. The summed E-state index contributed by atoms with van der Waals surface area (Å²) in [6, 6.07) is 3.22. The highest BCUT2D eigenvalue weighted by Crippen LogP contribution is 2.33. The van der Waals surface area contributed by atoms with Crippen LogP contribution in [0, 0.1) is 5.82 Å². The predicted molar refractivity (Wildman–Crippen MR) is 51.5 cm³/mol. The average Bonchev–Trinajstić information content (AvgIpc) is 2.06. The Labute approximate surface area is 82.0 Å². The summed E-state index contributed by atoms with van der Waals surface area (Å²) in [5, 5.41) is 12.6. The summed E-state index contributed by atoms with van der Waals surface area (Å²) < 4.78 is 12.5. The molecule has 0 radical (unpaired) electrons. The fourth-order valence-corrected chi connectivity index (χ4v) is 1.77. The third-order valence-electron chi connectivity index (χ3n) is 2.45. The van der Waals surface area contributed by atoms with Gasteiger partial charge in [0, 0.05) is 6.04 Å². The van der Waals surface area contributed by atoms with E-state index < -0.39 is 5.60 Å². The fourth-order valence-electron chi connectivity index (χ4n) is 1.77. The van der Waals surface area contributed by atoms with Crippen LogP contribution < -0.4 is 5.32 Å². The summed E-state index contributed by atoms with van der Waals surface area (Å²) in [7, 11) is 0. The van der Waals surface area contributed by atoms with E-state index in [1.54, 1.807) is 6.07 Å². The van der Waals surface area contributed by atoms with E-state index in [1.165, 1.54) is 12.3 Å². The Morgan fingerprint density at radius 3 is 2.79 bits per heavy atom. The van der Waals surface area contributed by atoms with Crippen LogP contribution >= 0.6 is 0 Å². The highest BCUT2D eigenvalue weighted by molar-refractivity contribution is 5.36. The van der Waals surface area contributed by atoms with E-state index in [1.807, 2.05) is 6.92 Å². The van der Waals surface area contributed by atoms with Gasteiger partial charge >= 0.3 is 0 Å². The first-order chi connectivity index (χ1) is 6.55. The number of anilines is 1. The number of aliphatic hydroxyl groups is 1. The fraction of sp³-hybridized carbons (Fsp3) is 0.500. The highest BCUT2D eigenvalue weighted by atomic mass is 19.1. The first kappa shape index (κ1) is 9.40. The van der Waals surface area contributed by atoms with Crippen LogP contribution in [0.5, 0.6) is 0 Å². The van der Waals surface area contributed by atoms with Gasteiger partial charge in [0.25, 0.3) is 0 Å². The molecule has 0 aromatic carbocycles. The maximum absolute atomic E-state index is 12.5. The van der Waals surface area contributed by atoms with Crippen LogP contribution in [0.2, 0.25) is 0 Å². The van der Waals surface area contributed by atoms with Gasteiger partial charge in [-0.2, -0.15) is 0 Å². The Morgan fingerprint density at radius 1 is 1.57 bits per heavy atom. The molecule has 0 aliphatic heterocycles. The van der Waals surface area contributed by atoms with Crippen molar-refractivity contribution in [3.8, 4) is 0 Å². The Balaban J connectivity index is 1.90. The van der Waals surface area contributed by atoms with Gasteiger partial charge < -0.3 is 10.4 Å². The summed E-state index contributed by atoms with van der Waals surface area (Å²) in [6.07, 6.45) is 2.61. The van der Waals surface area contributed by atoms with Crippen molar-refractivity contribution in [2.45, 2.75) is 31.4 Å². The molecule has 3 nitrogen and oxygen atoms in total. The maximum atomic E-state index is 12.5. The molecule has 1 aromatic heterocycles. The summed E-state index contributed by atoms with van der Waals surface area (Å²) in [4.78, 5) is 3.88. The molecule has 0 saturated heterocycles. The van der Waals surface area contributed by atoms with E-state index in [-0.39, 0.29) is 11.9 Å². The van der Waals surface area contributed by atoms with Gasteiger partial charge in [-0.15, -0.1) is 0 Å². The normalized spacial score (nSPS) is 30.9. The first-order valence-electron chi connectivity index (χ1n) is 4.66. The van der Waals surface area contributed by atoms with Crippen molar-refractivity contribution in [3.05, 3.63) is 24.1 Å². The molecule has 1 aliphatic rings. The van der Waals surface area contributed by atoms with Crippen LogP contribution in [0.25, 0.3) is 0 Å². The lowest BCUT2D eigenvalue weighted by Gasteiger charge is -2.41. The number of hydrogen-bond acceptors (Lipinski definition) is 3. The molecule has 0 spiro atoms. The molecule has 1 fully saturated rings. The van der Waals surface area contributed by atoms with Crippen LogP contribution in [-0.2, 0) is 0 Å². The Kier molecular flexibility index (Phi) is 2.15. The van der Waals surface area contributed by atoms with Crippen molar-refractivity contribution in [2.75, 3.05) is 5.32 Å². The van der Waals surface area contributed by atoms with Gasteiger partial charge in [0.05, 0.1) is 11.8 Å². The van der Waals surface area contributed by atoms with E-state index >= 15 is 0 Å². The molecule has 0 unspecified atom stereocenters. The van der Waals surface area contributed by atoms with Crippen LogP contribution in [0.4, 0.5) is 10.2 Å². The maximum Gasteiger partial charge on any atom is 0.141 e. The highest BCUT2D eigenvalue weighted by Gasteiger charge is 2.38. The minimum absolute atomic E-state index is 0.253. The summed E-state index contributed by atoms with van der Waals surface area (Å²) in [5.74, 6) is 0.322. The third kappa shape index (κ3) is 2.01. The summed E-state index contributed by atoms with van der Waals surface area (Å²) in [5.41, 5.74) is -0.544. The quantitative estimate of drug-likeness (QED) is 0.754. The lowest BCUT2D eigenvalue weighted by molar-refractivity contribution is -0.0235. The molecule has 2 N–H and O–H groups in total. The van der Waals surface area contributed by atoms with Crippen LogP contribution in [0.15, 0.2) is 18.3 Å². The van der Waals surface area contributed by atoms with Crippen molar-refractivity contribution >= 4 is 5.82 Å².